The monoisotopic (exact) mass is 282 g/mol. The Hall–Kier alpha value is 0.679. The van der Waals surface area contributed by atoms with Gasteiger partial charge in [0.25, 0.3) is 0 Å². The standard InChI is InChI=1S/C8H16O3.Sn.2H/c1-2-3-4-5-6-7-8(9)10-11-8;;;/h9H,2-7H2,1H3;;;. The van der Waals surface area contributed by atoms with Gasteiger partial charge >= 0.3 is 29.9 Å². The van der Waals surface area contributed by atoms with E-state index in [1.165, 1.54) is 19.3 Å². The van der Waals surface area contributed by atoms with Crippen LogP contribution in [-0.4, -0.2) is 35.0 Å². The van der Waals surface area contributed by atoms with Gasteiger partial charge in [0.05, 0.1) is 0 Å². The molecule has 1 aliphatic rings. The van der Waals surface area contributed by atoms with Crippen LogP contribution in [0.5, 0.6) is 0 Å². The molecular weight excluding hydrogens is 263 g/mol. The van der Waals surface area contributed by atoms with Gasteiger partial charge in [-0.15, -0.1) is 0 Å². The maximum absolute atomic E-state index is 9.04. The molecule has 0 aromatic heterocycles. The van der Waals surface area contributed by atoms with Crippen LogP contribution >= 0.6 is 0 Å². The fraction of sp³-hybridized carbons (Fsp3) is 1.00. The fourth-order valence-electron chi connectivity index (χ4n) is 1.08. The zero-order chi connectivity index (χ0) is 8.16. The average Bonchev–Trinajstić information content (AvgIpc) is 2.69. The molecule has 72 valence electrons. The maximum atomic E-state index is 9.04. The zero-order valence-corrected chi connectivity index (χ0v) is 11.7. The van der Waals surface area contributed by atoms with E-state index in [0.717, 1.165) is 12.8 Å². The fourth-order valence-corrected chi connectivity index (χ4v) is 1.08. The summed E-state index contributed by atoms with van der Waals surface area (Å²) < 4.78 is 0. The predicted octanol–water partition coefficient (Wildman–Crippen LogP) is 1.04. The van der Waals surface area contributed by atoms with Gasteiger partial charge in [0.15, 0.2) is 0 Å². The van der Waals surface area contributed by atoms with Crippen molar-refractivity contribution < 1.29 is 14.9 Å². The van der Waals surface area contributed by atoms with Crippen LogP contribution in [-0.2, 0) is 9.78 Å². The van der Waals surface area contributed by atoms with E-state index < -0.39 is 5.97 Å². The molecule has 2 radical (unpaired) electrons. The first-order valence-electron chi connectivity index (χ1n) is 4.36. The molecule has 0 saturated carbocycles. The van der Waals surface area contributed by atoms with Gasteiger partial charge in [-0.05, 0) is 6.42 Å². The molecule has 1 rings (SSSR count). The quantitative estimate of drug-likeness (QED) is 0.342. The summed E-state index contributed by atoms with van der Waals surface area (Å²) in [5, 5.41) is 9.04. The molecule has 0 spiro atoms. The summed E-state index contributed by atoms with van der Waals surface area (Å²) in [7, 11) is 0. The molecule has 0 aliphatic carbocycles. The minimum atomic E-state index is -1.20. The van der Waals surface area contributed by atoms with Crippen LogP contribution in [0.2, 0.25) is 0 Å². The van der Waals surface area contributed by atoms with Gasteiger partial charge in [-0.25, -0.2) is 0 Å². The zero-order valence-electron chi connectivity index (χ0n) is 7.71. The molecule has 0 unspecified atom stereocenters. The van der Waals surface area contributed by atoms with Crippen LogP contribution in [0.4, 0.5) is 0 Å². The molecule has 1 N–H and O–H groups in total. The van der Waals surface area contributed by atoms with Crippen LogP contribution in [0.15, 0.2) is 0 Å². The molecule has 1 saturated heterocycles. The van der Waals surface area contributed by atoms with Crippen molar-refractivity contribution >= 4 is 23.9 Å². The van der Waals surface area contributed by atoms with E-state index in [0.29, 0.717) is 6.42 Å². The first-order chi connectivity index (χ1) is 5.27. The summed E-state index contributed by atoms with van der Waals surface area (Å²) in [5.74, 6) is -1.20. The number of hydrogen-bond acceptors (Lipinski definition) is 3. The van der Waals surface area contributed by atoms with Gasteiger partial charge in [0, 0.05) is 6.42 Å². The Bertz CT molecular complexity index is 115. The van der Waals surface area contributed by atoms with Gasteiger partial charge < -0.3 is 5.11 Å². The summed E-state index contributed by atoms with van der Waals surface area (Å²) in [6.07, 6.45) is 6.51. The van der Waals surface area contributed by atoms with Crippen LogP contribution < -0.4 is 0 Å². The Labute approximate surface area is 90.3 Å². The molecule has 0 atom stereocenters. The van der Waals surface area contributed by atoms with Gasteiger partial charge in [-0.1, -0.05) is 32.6 Å². The normalized spacial score (nSPS) is 18.5. The van der Waals surface area contributed by atoms with Crippen LogP contribution in [0, 0.1) is 0 Å². The third kappa shape index (κ3) is 5.35. The van der Waals surface area contributed by atoms with E-state index in [4.69, 9.17) is 5.11 Å². The first-order valence-corrected chi connectivity index (χ1v) is 4.36. The van der Waals surface area contributed by atoms with Crippen molar-refractivity contribution in [3.8, 4) is 0 Å². The third-order valence-corrected chi connectivity index (χ3v) is 1.87. The van der Waals surface area contributed by atoms with Gasteiger partial charge in [-0.3, -0.25) is 0 Å². The number of hydrogen-bond donors (Lipinski definition) is 1. The average molecular weight is 281 g/mol. The molecule has 4 heteroatoms. The minimum absolute atomic E-state index is 0. The molecular formula is C8H18O3Sn. The molecule has 3 nitrogen and oxygen atoms in total. The van der Waals surface area contributed by atoms with Crippen molar-refractivity contribution in [3.05, 3.63) is 0 Å². The number of rotatable bonds is 6. The Balaban J connectivity index is 0.00000121. The van der Waals surface area contributed by atoms with E-state index in [9.17, 15) is 0 Å². The Morgan fingerprint density at radius 1 is 1.08 bits per heavy atom. The number of unbranched alkanes of at least 4 members (excludes halogenated alkanes) is 4. The van der Waals surface area contributed by atoms with Gasteiger partial charge in [0.2, 0.25) is 0 Å². The second-order valence-electron chi connectivity index (χ2n) is 3.04. The molecule has 0 aromatic carbocycles. The number of aliphatic hydroxyl groups is 1. The van der Waals surface area contributed by atoms with Crippen LogP contribution in [0.25, 0.3) is 0 Å². The van der Waals surface area contributed by atoms with Gasteiger partial charge in [0.1, 0.15) is 0 Å². The molecule has 1 fully saturated rings. The summed E-state index contributed by atoms with van der Waals surface area (Å²) in [6.45, 7) is 2.18. The Kier molecular flexibility index (Phi) is 6.53. The summed E-state index contributed by atoms with van der Waals surface area (Å²) in [5.41, 5.74) is 0. The molecule has 1 aliphatic heterocycles. The Morgan fingerprint density at radius 2 is 1.67 bits per heavy atom. The summed E-state index contributed by atoms with van der Waals surface area (Å²) in [4.78, 5) is 8.72. The topological polar surface area (TPSA) is 45.3 Å². The van der Waals surface area contributed by atoms with Crippen LogP contribution in [0.1, 0.15) is 45.4 Å². The van der Waals surface area contributed by atoms with E-state index >= 15 is 0 Å². The summed E-state index contributed by atoms with van der Waals surface area (Å²) >= 11 is 0. The molecule has 1 heterocycles. The Morgan fingerprint density at radius 3 is 2.17 bits per heavy atom. The van der Waals surface area contributed by atoms with Crippen molar-refractivity contribution in [2.24, 2.45) is 0 Å². The van der Waals surface area contributed by atoms with E-state index in [1.54, 1.807) is 0 Å². The third-order valence-electron chi connectivity index (χ3n) is 1.87. The summed E-state index contributed by atoms with van der Waals surface area (Å²) in [6, 6.07) is 0. The van der Waals surface area contributed by atoms with Gasteiger partial charge in [-0.2, -0.15) is 9.78 Å². The van der Waals surface area contributed by atoms with Crippen molar-refractivity contribution in [3.63, 3.8) is 0 Å². The van der Waals surface area contributed by atoms with Crippen molar-refractivity contribution in [1.29, 1.82) is 0 Å². The van der Waals surface area contributed by atoms with Crippen LogP contribution in [0.3, 0.4) is 0 Å². The first kappa shape index (κ1) is 12.7. The van der Waals surface area contributed by atoms with E-state index in [1.807, 2.05) is 0 Å². The molecule has 0 bridgehead atoms. The van der Waals surface area contributed by atoms with Crippen molar-refractivity contribution in [1.82, 2.24) is 0 Å². The predicted molar refractivity (Wildman–Crippen MR) is 49.0 cm³/mol. The van der Waals surface area contributed by atoms with E-state index in [2.05, 4.69) is 16.7 Å². The molecule has 12 heavy (non-hydrogen) atoms. The molecule has 0 amide bonds. The van der Waals surface area contributed by atoms with E-state index in [-0.39, 0.29) is 23.9 Å². The second kappa shape index (κ2) is 6.18. The second-order valence-corrected chi connectivity index (χ2v) is 3.04. The van der Waals surface area contributed by atoms with Crippen molar-refractivity contribution in [2.45, 2.75) is 51.4 Å². The SMILES string of the molecule is CCCCCCCC1(O)OO1.[SnH2]. The molecule has 0 aromatic rings. The van der Waals surface area contributed by atoms with Crippen molar-refractivity contribution in [2.75, 3.05) is 0 Å².